The van der Waals surface area contributed by atoms with Crippen molar-refractivity contribution < 1.29 is 4.79 Å². The van der Waals surface area contributed by atoms with Gasteiger partial charge in [-0.1, -0.05) is 72.8 Å². The highest BCUT2D eigenvalue weighted by molar-refractivity contribution is 5.96. The van der Waals surface area contributed by atoms with Crippen LogP contribution in [0.4, 0.5) is 5.69 Å². The Kier molecular flexibility index (Phi) is 9.82. The lowest BCUT2D eigenvalue weighted by Crippen LogP contribution is -2.41. The van der Waals surface area contributed by atoms with Crippen molar-refractivity contribution in [2.75, 3.05) is 5.32 Å². The average Bonchev–Trinajstić information content (AvgIpc) is 2.81. The maximum absolute atomic E-state index is 13.1. The number of nitrogens with one attached hydrogen (secondary N) is 1. The first-order valence-electron chi connectivity index (χ1n) is 10.7. The minimum absolute atomic E-state index is 0. The number of nitrogens with zero attached hydrogens (tertiary/aromatic N) is 1. The second-order valence-electron chi connectivity index (χ2n) is 8.04. The van der Waals surface area contributed by atoms with E-state index in [1.807, 2.05) is 97.3 Å². The van der Waals surface area contributed by atoms with Crippen molar-refractivity contribution in [3.8, 4) is 11.1 Å². The standard InChI is InChI=1S/C28H27N3O.2ClH/c1-19-17-30-18-20(2)25(19)23-13-15-24(16-14-23)31-28(32)27(29)26(21-9-5-3-6-10-21)22-11-7-4-8-12-22;;/h3-18,26-27H,29H2,1-2H3,(H,31,32);2*1H/t27-;;/m0../s1. The Morgan fingerprint density at radius 2 is 1.24 bits per heavy atom. The van der Waals surface area contributed by atoms with E-state index in [2.05, 4.69) is 24.1 Å². The summed E-state index contributed by atoms with van der Waals surface area (Å²) >= 11 is 0. The van der Waals surface area contributed by atoms with Gasteiger partial charge < -0.3 is 11.1 Å². The Morgan fingerprint density at radius 1 is 0.765 bits per heavy atom. The van der Waals surface area contributed by atoms with E-state index in [0.717, 1.165) is 33.5 Å². The van der Waals surface area contributed by atoms with Crippen molar-refractivity contribution in [1.82, 2.24) is 4.98 Å². The number of pyridine rings is 1. The van der Waals surface area contributed by atoms with Gasteiger partial charge in [0.1, 0.15) is 0 Å². The van der Waals surface area contributed by atoms with E-state index >= 15 is 0 Å². The third-order valence-corrected chi connectivity index (χ3v) is 5.75. The maximum atomic E-state index is 13.1. The minimum atomic E-state index is -0.732. The number of anilines is 1. The molecule has 4 aromatic rings. The summed E-state index contributed by atoms with van der Waals surface area (Å²) < 4.78 is 0. The molecule has 0 bridgehead atoms. The van der Waals surface area contributed by atoms with E-state index in [9.17, 15) is 4.79 Å². The average molecular weight is 494 g/mol. The largest absolute Gasteiger partial charge is 0.325 e. The maximum Gasteiger partial charge on any atom is 0.242 e. The molecule has 34 heavy (non-hydrogen) atoms. The van der Waals surface area contributed by atoms with Crippen LogP contribution < -0.4 is 11.1 Å². The number of hydrogen-bond acceptors (Lipinski definition) is 3. The highest BCUT2D eigenvalue weighted by Gasteiger charge is 2.27. The Balaban J connectivity index is 0.00000204. The van der Waals surface area contributed by atoms with Crippen LogP contribution in [0.3, 0.4) is 0 Å². The topological polar surface area (TPSA) is 68.0 Å². The predicted molar refractivity (Wildman–Crippen MR) is 145 cm³/mol. The van der Waals surface area contributed by atoms with Crippen LogP contribution in [0.5, 0.6) is 0 Å². The van der Waals surface area contributed by atoms with Gasteiger partial charge in [-0.05, 0) is 59.4 Å². The van der Waals surface area contributed by atoms with E-state index in [0.29, 0.717) is 0 Å². The molecular formula is C28H29Cl2N3O. The molecule has 1 atom stereocenters. The third kappa shape index (κ3) is 6.03. The molecule has 0 radical (unpaired) electrons. The number of hydrogen-bond donors (Lipinski definition) is 2. The molecule has 0 aliphatic carbocycles. The number of aromatic nitrogens is 1. The molecule has 0 saturated carbocycles. The smallest absolute Gasteiger partial charge is 0.242 e. The van der Waals surface area contributed by atoms with Gasteiger partial charge in [-0.15, -0.1) is 24.8 Å². The Hall–Kier alpha value is -3.18. The van der Waals surface area contributed by atoms with Crippen LogP contribution in [-0.4, -0.2) is 16.9 Å². The summed E-state index contributed by atoms with van der Waals surface area (Å²) in [5.74, 6) is -0.453. The molecule has 1 aromatic heterocycles. The van der Waals surface area contributed by atoms with E-state index < -0.39 is 6.04 Å². The Labute approximate surface area is 213 Å². The zero-order valence-electron chi connectivity index (χ0n) is 19.1. The molecule has 4 rings (SSSR count). The number of amides is 1. The molecule has 0 saturated heterocycles. The number of aryl methyl sites for hydroxylation is 2. The van der Waals surface area contributed by atoms with Crippen molar-refractivity contribution in [2.45, 2.75) is 25.8 Å². The summed E-state index contributed by atoms with van der Waals surface area (Å²) in [6.45, 7) is 4.11. The fourth-order valence-electron chi connectivity index (χ4n) is 4.18. The van der Waals surface area contributed by atoms with Crippen LogP contribution >= 0.6 is 24.8 Å². The lowest BCUT2D eigenvalue weighted by molar-refractivity contribution is -0.117. The van der Waals surface area contributed by atoms with Crippen LogP contribution in [0.15, 0.2) is 97.3 Å². The lowest BCUT2D eigenvalue weighted by Gasteiger charge is -2.24. The van der Waals surface area contributed by atoms with E-state index in [1.54, 1.807) is 0 Å². The number of nitrogens with two attached hydrogens (primary N) is 1. The molecule has 0 unspecified atom stereocenters. The van der Waals surface area contributed by atoms with Crippen LogP contribution in [0.25, 0.3) is 11.1 Å². The molecule has 0 aliphatic rings. The van der Waals surface area contributed by atoms with Gasteiger partial charge in [-0.2, -0.15) is 0 Å². The van der Waals surface area contributed by atoms with E-state index in [4.69, 9.17) is 5.73 Å². The molecule has 3 aromatic carbocycles. The zero-order valence-corrected chi connectivity index (χ0v) is 20.8. The number of rotatable bonds is 6. The predicted octanol–water partition coefficient (Wildman–Crippen LogP) is 6.31. The molecule has 176 valence electrons. The minimum Gasteiger partial charge on any atom is -0.325 e. The molecule has 0 spiro atoms. The van der Waals surface area contributed by atoms with Gasteiger partial charge in [0.25, 0.3) is 0 Å². The Bertz CT molecular complexity index is 1140. The molecular weight excluding hydrogens is 465 g/mol. The van der Waals surface area contributed by atoms with Gasteiger partial charge in [-0.3, -0.25) is 9.78 Å². The van der Waals surface area contributed by atoms with Crippen LogP contribution in [0.2, 0.25) is 0 Å². The normalized spacial score (nSPS) is 11.2. The van der Waals surface area contributed by atoms with Gasteiger partial charge in [-0.25, -0.2) is 0 Å². The highest BCUT2D eigenvalue weighted by atomic mass is 35.5. The van der Waals surface area contributed by atoms with Gasteiger partial charge in [0.05, 0.1) is 6.04 Å². The highest BCUT2D eigenvalue weighted by Crippen LogP contribution is 2.29. The van der Waals surface area contributed by atoms with Crippen LogP contribution in [0, 0.1) is 13.8 Å². The molecule has 1 heterocycles. The summed E-state index contributed by atoms with van der Waals surface area (Å²) in [6, 6.07) is 27.0. The van der Waals surface area contributed by atoms with Gasteiger partial charge in [0.15, 0.2) is 0 Å². The quantitative estimate of drug-likeness (QED) is 0.330. The first-order valence-corrected chi connectivity index (χ1v) is 10.7. The molecule has 0 fully saturated rings. The fourth-order valence-corrected chi connectivity index (χ4v) is 4.18. The molecule has 0 aliphatic heterocycles. The third-order valence-electron chi connectivity index (χ3n) is 5.75. The van der Waals surface area contributed by atoms with Gasteiger partial charge >= 0.3 is 0 Å². The molecule has 3 N–H and O–H groups in total. The van der Waals surface area contributed by atoms with Crippen LogP contribution in [0.1, 0.15) is 28.2 Å². The number of carbonyl (C=O) groups is 1. The van der Waals surface area contributed by atoms with Crippen LogP contribution in [-0.2, 0) is 4.79 Å². The zero-order chi connectivity index (χ0) is 22.5. The van der Waals surface area contributed by atoms with Crippen molar-refractivity contribution >= 4 is 36.4 Å². The van der Waals surface area contributed by atoms with Gasteiger partial charge in [0.2, 0.25) is 5.91 Å². The summed E-state index contributed by atoms with van der Waals surface area (Å²) in [7, 11) is 0. The number of benzene rings is 3. The van der Waals surface area contributed by atoms with Gasteiger partial charge in [0, 0.05) is 24.0 Å². The SMILES string of the molecule is Cc1cncc(C)c1-c1ccc(NC(=O)[C@@H](N)C(c2ccccc2)c2ccccc2)cc1.Cl.Cl. The van der Waals surface area contributed by atoms with Crippen molar-refractivity contribution in [3.05, 3.63) is 120 Å². The summed E-state index contributed by atoms with van der Waals surface area (Å²) in [4.78, 5) is 17.4. The van der Waals surface area contributed by atoms with Crippen molar-refractivity contribution in [3.63, 3.8) is 0 Å². The summed E-state index contributed by atoms with van der Waals surface area (Å²) in [5, 5.41) is 2.99. The molecule has 6 heteroatoms. The first kappa shape index (κ1) is 27.1. The first-order chi connectivity index (χ1) is 15.5. The van der Waals surface area contributed by atoms with Crippen molar-refractivity contribution in [1.29, 1.82) is 0 Å². The summed E-state index contributed by atoms with van der Waals surface area (Å²) in [5.41, 5.74) is 13.8. The van der Waals surface area contributed by atoms with E-state index in [-0.39, 0.29) is 36.6 Å². The molecule has 4 nitrogen and oxygen atoms in total. The second-order valence-corrected chi connectivity index (χ2v) is 8.04. The number of halogens is 2. The summed E-state index contributed by atoms with van der Waals surface area (Å²) in [6.07, 6.45) is 3.73. The number of carbonyl (C=O) groups excluding carboxylic acids is 1. The monoisotopic (exact) mass is 493 g/mol. The molecule has 1 amide bonds. The Morgan fingerprint density at radius 3 is 1.71 bits per heavy atom. The second kappa shape index (κ2) is 12.3. The van der Waals surface area contributed by atoms with E-state index in [1.165, 1.54) is 5.56 Å². The van der Waals surface area contributed by atoms with Crippen molar-refractivity contribution in [2.24, 2.45) is 5.73 Å². The lowest BCUT2D eigenvalue weighted by atomic mass is 9.85. The fraction of sp³-hybridized carbons (Fsp3) is 0.143.